The van der Waals surface area contributed by atoms with Gasteiger partial charge in [-0.3, -0.25) is 19.2 Å². The topological polar surface area (TPSA) is 195 Å². The third kappa shape index (κ3) is 12.9. The Hall–Kier alpha value is -3.09. The Balaban J connectivity index is 5.67. The molecule has 0 saturated heterocycles. The van der Waals surface area contributed by atoms with Crippen molar-refractivity contribution in [2.75, 3.05) is 13.2 Å². The Morgan fingerprint density at radius 1 is 1.00 bits per heavy atom. The molecule has 0 radical (unpaired) electrons. The van der Waals surface area contributed by atoms with E-state index in [0.717, 1.165) is 20.8 Å². The summed E-state index contributed by atoms with van der Waals surface area (Å²) in [6.45, 7) is 6.86. The third-order valence-corrected chi connectivity index (χ3v) is 3.12. The molecule has 14 nitrogen and oxygen atoms in total. The summed E-state index contributed by atoms with van der Waals surface area (Å²) in [6, 6.07) is 0. The van der Waals surface area contributed by atoms with E-state index in [4.69, 9.17) is 29.3 Å². The van der Waals surface area contributed by atoms with Crippen LogP contribution in [0.2, 0.25) is 0 Å². The van der Waals surface area contributed by atoms with Crippen molar-refractivity contribution < 1.29 is 48.1 Å². The number of nitrogens with zero attached hydrogens (tertiary/aromatic N) is 3. The average molecular weight is 448 g/mol. The predicted molar refractivity (Wildman–Crippen MR) is 102 cm³/mol. The fourth-order valence-electron chi connectivity index (χ4n) is 2.22. The molecular formula is C17H28N4O10. The minimum atomic E-state index is -1.62. The zero-order chi connectivity index (χ0) is 24.2. The maximum atomic E-state index is 11.7. The number of hydrogen-bond acceptors (Lipinski definition) is 11. The summed E-state index contributed by atoms with van der Waals surface area (Å²) in [7, 11) is 0. The zero-order valence-corrected chi connectivity index (χ0v) is 18.2. The smallest absolute Gasteiger partial charge is 0.431 e. The number of carbonyl (C=O) groups is 4. The van der Waals surface area contributed by atoms with Crippen LogP contribution in [0.3, 0.4) is 0 Å². The second-order valence-electron chi connectivity index (χ2n) is 7.19. The van der Waals surface area contributed by atoms with Gasteiger partial charge >= 0.3 is 24.0 Å². The zero-order valence-electron chi connectivity index (χ0n) is 18.2. The lowest BCUT2D eigenvalue weighted by atomic mass is 10.0. The van der Waals surface area contributed by atoms with E-state index < -0.39 is 67.2 Å². The SMILES string of the molecule is CC(=O)O[C@@H]([C@H](OC(C)=O)[C@@H](CONC(=O)OC(C)(C)C)OC(C)=O)[C@H](O)CN=[N+]=[N-]. The van der Waals surface area contributed by atoms with Gasteiger partial charge in [-0.05, 0) is 26.3 Å². The Kier molecular flexibility index (Phi) is 11.9. The van der Waals surface area contributed by atoms with Crippen molar-refractivity contribution in [2.45, 2.75) is 71.6 Å². The molecule has 0 bridgehead atoms. The highest BCUT2D eigenvalue weighted by atomic mass is 16.7. The summed E-state index contributed by atoms with van der Waals surface area (Å²) in [5.74, 6) is -2.55. The highest BCUT2D eigenvalue weighted by Gasteiger charge is 2.41. The molecule has 0 aliphatic rings. The van der Waals surface area contributed by atoms with Crippen LogP contribution in [0.1, 0.15) is 41.5 Å². The number of esters is 3. The Morgan fingerprint density at radius 2 is 1.52 bits per heavy atom. The maximum absolute atomic E-state index is 11.7. The number of amides is 1. The second kappa shape index (κ2) is 13.3. The van der Waals surface area contributed by atoms with Gasteiger partial charge in [0.25, 0.3) is 0 Å². The van der Waals surface area contributed by atoms with Crippen LogP contribution < -0.4 is 5.48 Å². The number of aliphatic hydroxyl groups excluding tert-OH is 1. The summed E-state index contributed by atoms with van der Waals surface area (Å²) in [6.07, 6.45) is -7.18. The summed E-state index contributed by atoms with van der Waals surface area (Å²) < 4.78 is 20.2. The lowest BCUT2D eigenvalue weighted by molar-refractivity contribution is -0.198. The number of azide groups is 1. The summed E-state index contributed by atoms with van der Waals surface area (Å²) in [5.41, 5.74) is 9.61. The van der Waals surface area contributed by atoms with Gasteiger partial charge in [0.2, 0.25) is 0 Å². The van der Waals surface area contributed by atoms with Crippen molar-refractivity contribution in [1.29, 1.82) is 0 Å². The fourth-order valence-corrected chi connectivity index (χ4v) is 2.22. The number of hydrogen-bond donors (Lipinski definition) is 2. The third-order valence-electron chi connectivity index (χ3n) is 3.12. The molecule has 14 heteroatoms. The monoisotopic (exact) mass is 448 g/mol. The first kappa shape index (κ1) is 27.9. The Bertz CT molecular complexity index is 687. The molecule has 2 N–H and O–H groups in total. The van der Waals surface area contributed by atoms with Crippen LogP contribution in [0.25, 0.3) is 10.4 Å². The van der Waals surface area contributed by atoms with Crippen LogP contribution in [0, 0.1) is 0 Å². The van der Waals surface area contributed by atoms with E-state index in [1.807, 2.05) is 5.48 Å². The number of carbonyl (C=O) groups excluding carboxylic acids is 4. The largest absolute Gasteiger partial charge is 0.456 e. The van der Waals surface area contributed by atoms with E-state index in [2.05, 4.69) is 10.0 Å². The Morgan fingerprint density at radius 3 is 1.97 bits per heavy atom. The maximum Gasteiger partial charge on any atom is 0.431 e. The van der Waals surface area contributed by atoms with Gasteiger partial charge in [0.15, 0.2) is 18.3 Å². The van der Waals surface area contributed by atoms with Crippen molar-refractivity contribution in [2.24, 2.45) is 5.11 Å². The van der Waals surface area contributed by atoms with E-state index in [-0.39, 0.29) is 0 Å². The lowest BCUT2D eigenvalue weighted by Crippen LogP contribution is -2.53. The van der Waals surface area contributed by atoms with Gasteiger partial charge in [0, 0.05) is 25.7 Å². The molecule has 0 aliphatic heterocycles. The number of rotatable bonds is 11. The van der Waals surface area contributed by atoms with E-state index in [1.165, 1.54) is 0 Å². The molecule has 0 fully saturated rings. The van der Waals surface area contributed by atoms with Crippen molar-refractivity contribution in [1.82, 2.24) is 5.48 Å². The number of hydroxylamine groups is 1. The first-order valence-corrected chi connectivity index (χ1v) is 9.08. The normalized spacial score (nSPS) is 14.7. The van der Waals surface area contributed by atoms with Crippen LogP contribution in [-0.4, -0.2) is 72.3 Å². The standard InChI is InChI=1S/C17H28N4O10/c1-9(22)28-13(8-27-20-16(26)31-17(4,5)6)15(30-11(3)24)14(29-10(2)23)12(25)7-19-21-18/h12-15,25H,7-8H2,1-6H3,(H,20,26)/t12-,13-,14-,15-/m1/s1. The van der Waals surface area contributed by atoms with Gasteiger partial charge in [-0.25, -0.2) is 4.79 Å². The Labute approximate surface area is 178 Å². The molecule has 4 atom stereocenters. The molecule has 0 aliphatic carbocycles. The number of aliphatic hydroxyl groups is 1. The van der Waals surface area contributed by atoms with E-state index in [9.17, 15) is 24.3 Å². The first-order chi connectivity index (χ1) is 14.3. The van der Waals surface area contributed by atoms with Crippen molar-refractivity contribution in [3.63, 3.8) is 0 Å². The van der Waals surface area contributed by atoms with Crippen molar-refractivity contribution in [3.05, 3.63) is 10.4 Å². The van der Waals surface area contributed by atoms with Crippen LogP contribution in [0.15, 0.2) is 5.11 Å². The minimum absolute atomic E-state index is 0.546. The predicted octanol–water partition coefficient (Wildman–Crippen LogP) is 0.909. The van der Waals surface area contributed by atoms with Gasteiger partial charge in [-0.15, -0.1) is 0 Å². The highest BCUT2D eigenvalue weighted by Crippen LogP contribution is 2.18. The van der Waals surface area contributed by atoms with Gasteiger partial charge in [-0.1, -0.05) is 5.11 Å². The molecule has 0 heterocycles. The quantitative estimate of drug-likeness (QED) is 0.114. The van der Waals surface area contributed by atoms with Crippen LogP contribution >= 0.6 is 0 Å². The summed E-state index contributed by atoms with van der Waals surface area (Å²) in [4.78, 5) is 53.9. The lowest BCUT2D eigenvalue weighted by Gasteiger charge is -2.33. The van der Waals surface area contributed by atoms with E-state index in [1.54, 1.807) is 20.8 Å². The van der Waals surface area contributed by atoms with Crippen molar-refractivity contribution in [3.8, 4) is 0 Å². The molecule has 0 aromatic heterocycles. The average Bonchev–Trinajstić information content (AvgIpc) is 2.59. The molecular weight excluding hydrogens is 420 g/mol. The summed E-state index contributed by atoms with van der Waals surface area (Å²) >= 11 is 0. The molecule has 31 heavy (non-hydrogen) atoms. The van der Waals surface area contributed by atoms with Crippen LogP contribution in [0.5, 0.6) is 0 Å². The molecule has 0 aromatic rings. The van der Waals surface area contributed by atoms with Gasteiger partial charge in [-0.2, -0.15) is 5.48 Å². The van der Waals surface area contributed by atoms with Crippen molar-refractivity contribution >= 4 is 24.0 Å². The van der Waals surface area contributed by atoms with Gasteiger partial charge in [0.1, 0.15) is 18.3 Å². The molecule has 0 saturated carbocycles. The first-order valence-electron chi connectivity index (χ1n) is 9.08. The molecule has 176 valence electrons. The molecule has 0 spiro atoms. The number of nitrogens with one attached hydrogen (secondary N) is 1. The van der Waals surface area contributed by atoms with Gasteiger partial charge < -0.3 is 24.1 Å². The molecule has 1 amide bonds. The van der Waals surface area contributed by atoms with E-state index in [0.29, 0.717) is 0 Å². The molecule has 0 rings (SSSR count). The fraction of sp³-hybridized carbons (Fsp3) is 0.765. The molecule has 0 unspecified atom stereocenters. The van der Waals surface area contributed by atoms with Crippen LogP contribution in [-0.2, 0) is 38.2 Å². The summed E-state index contributed by atoms with van der Waals surface area (Å²) in [5, 5.41) is 13.5. The second-order valence-corrected chi connectivity index (χ2v) is 7.19. The minimum Gasteiger partial charge on any atom is -0.456 e. The number of ether oxygens (including phenoxy) is 4. The molecule has 0 aromatic carbocycles. The van der Waals surface area contributed by atoms with E-state index >= 15 is 0 Å². The highest BCUT2D eigenvalue weighted by molar-refractivity contribution is 5.68. The van der Waals surface area contributed by atoms with Gasteiger partial charge in [0.05, 0.1) is 6.54 Å². The van der Waals surface area contributed by atoms with Crippen LogP contribution in [0.4, 0.5) is 4.79 Å².